The van der Waals surface area contributed by atoms with Crippen molar-refractivity contribution in [3.8, 4) is 0 Å². The van der Waals surface area contributed by atoms with Gasteiger partial charge in [0, 0.05) is 10.9 Å². The van der Waals surface area contributed by atoms with Gasteiger partial charge in [0.1, 0.15) is 5.56 Å². The summed E-state index contributed by atoms with van der Waals surface area (Å²) in [7, 11) is 0. The zero-order valence-electron chi connectivity index (χ0n) is 11.6. The van der Waals surface area contributed by atoms with Gasteiger partial charge in [-0.05, 0) is 49.0 Å². The molecule has 0 saturated carbocycles. The summed E-state index contributed by atoms with van der Waals surface area (Å²) in [5.74, 6) is -1.78. The molecule has 1 aromatic heterocycles. The van der Waals surface area contributed by atoms with Crippen molar-refractivity contribution in [1.29, 1.82) is 0 Å². The number of aromatic nitrogens is 1. The summed E-state index contributed by atoms with van der Waals surface area (Å²) < 4.78 is 53.1. The van der Waals surface area contributed by atoms with E-state index in [1.54, 1.807) is 6.07 Å². The zero-order chi connectivity index (χ0) is 15.9. The summed E-state index contributed by atoms with van der Waals surface area (Å²) in [6.07, 6.45) is 0.803. The number of hydrogen-bond acceptors (Lipinski definition) is 1. The summed E-state index contributed by atoms with van der Waals surface area (Å²) in [4.78, 5) is 13.5. The number of hydrogen-bond donors (Lipinski definition) is 1. The second-order valence-electron chi connectivity index (χ2n) is 5.38. The van der Waals surface area contributed by atoms with Gasteiger partial charge in [-0.2, -0.15) is 13.2 Å². The maximum atomic E-state index is 13.7. The van der Waals surface area contributed by atoms with Crippen molar-refractivity contribution >= 4 is 16.5 Å². The van der Waals surface area contributed by atoms with Gasteiger partial charge in [0.05, 0.1) is 0 Å². The van der Waals surface area contributed by atoms with Crippen molar-refractivity contribution in [3.05, 3.63) is 51.6 Å². The molecule has 22 heavy (non-hydrogen) atoms. The molecule has 0 amide bonds. The molecule has 0 unspecified atom stereocenters. The van der Waals surface area contributed by atoms with Gasteiger partial charge in [0.2, 0.25) is 5.82 Å². The van der Waals surface area contributed by atoms with E-state index in [2.05, 4.69) is 4.98 Å². The number of halogens is 4. The van der Waals surface area contributed by atoms with E-state index in [0.717, 1.165) is 31.3 Å². The molecule has 0 saturated heterocycles. The van der Waals surface area contributed by atoms with E-state index in [0.29, 0.717) is 5.56 Å². The van der Waals surface area contributed by atoms with Crippen LogP contribution < -0.4 is 5.56 Å². The van der Waals surface area contributed by atoms with Gasteiger partial charge in [0.25, 0.3) is 5.56 Å². The monoisotopic (exact) mass is 311 g/mol. The Morgan fingerprint density at radius 1 is 1.14 bits per heavy atom. The Kier molecular flexibility index (Phi) is 3.54. The van der Waals surface area contributed by atoms with Gasteiger partial charge in [-0.1, -0.05) is 12.1 Å². The molecule has 1 aliphatic rings. The molecular weight excluding hydrogens is 298 g/mol. The SMILES string of the molecule is O=c1[nH]c2ccc(C3=CCCCC3)cc2c(C(F)(F)F)c1F. The van der Waals surface area contributed by atoms with Crippen LogP contribution in [0.2, 0.25) is 0 Å². The number of rotatable bonds is 1. The predicted octanol–water partition coefficient (Wildman–Crippen LogP) is 4.64. The minimum absolute atomic E-state index is 0.0149. The first-order valence-corrected chi connectivity index (χ1v) is 7.00. The molecule has 0 radical (unpaired) electrons. The summed E-state index contributed by atoms with van der Waals surface area (Å²) in [5.41, 5.74) is -1.26. The molecule has 1 heterocycles. The quantitative estimate of drug-likeness (QED) is 0.764. The van der Waals surface area contributed by atoms with Crippen LogP contribution in [0, 0.1) is 5.82 Å². The number of pyridine rings is 1. The minimum atomic E-state index is -4.92. The van der Waals surface area contributed by atoms with Crippen molar-refractivity contribution in [2.75, 3.05) is 0 Å². The Labute approximate surface area is 123 Å². The topological polar surface area (TPSA) is 32.9 Å². The number of fused-ring (bicyclic) bond motifs is 1. The van der Waals surface area contributed by atoms with Gasteiger partial charge >= 0.3 is 6.18 Å². The van der Waals surface area contributed by atoms with Gasteiger partial charge < -0.3 is 4.98 Å². The Hall–Kier alpha value is -2.11. The van der Waals surface area contributed by atoms with Gasteiger partial charge in [-0.3, -0.25) is 4.79 Å². The Bertz CT molecular complexity index is 817. The standard InChI is InChI=1S/C16H13F4NO/c17-14-13(16(18,19)20)11-8-10(9-4-2-1-3-5-9)6-7-12(11)21-15(14)22/h4,6-8H,1-3,5H2,(H,21,22). The summed E-state index contributed by atoms with van der Waals surface area (Å²) in [5, 5.41) is -0.312. The lowest BCUT2D eigenvalue weighted by Gasteiger charge is -2.15. The lowest BCUT2D eigenvalue weighted by Crippen LogP contribution is -2.20. The number of H-pyrrole nitrogens is 1. The van der Waals surface area contributed by atoms with E-state index in [1.807, 2.05) is 6.08 Å². The average molecular weight is 311 g/mol. The third-order valence-corrected chi connectivity index (χ3v) is 3.90. The Morgan fingerprint density at radius 2 is 1.91 bits per heavy atom. The average Bonchev–Trinajstić information content (AvgIpc) is 2.47. The van der Waals surface area contributed by atoms with E-state index in [-0.39, 0.29) is 10.9 Å². The molecule has 6 heteroatoms. The van der Waals surface area contributed by atoms with Crippen molar-refractivity contribution in [3.63, 3.8) is 0 Å². The van der Waals surface area contributed by atoms with Gasteiger partial charge in [-0.15, -0.1) is 0 Å². The smallest absolute Gasteiger partial charge is 0.319 e. The van der Waals surface area contributed by atoms with Crippen LogP contribution in [0.3, 0.4) is 0 Å². The van der Waals surface area contributed by atoms with Crippen molar-refractivity contribution < 1.29 is 17.6 Å². The maximum absolute atomic E-state index is 13.7. The van der Waals surface area contributed by atoms with Gasteiger partial charge in [-0.25, -0.2) is 4.39 Å². The first kappa shape index (κ1) is 14.8. The Morgan fingerprint density at radius 3 is 2.55 bits per heavy atom. The van der Waals surface area contributed by atoms with Crippen LogP contribution in [0.1, 0.15) is 36.8 Å². The highest BCUT2D eigenvalue weighted by Crippen LogP contribution is 2.37. The fourth-order valence-corrected chi connectivity index (χ4v) is 2.85. The normalized spacial score (nSPS) is 15.9. The highest BCUT2D eigenvalue weighted by atomic mass is 19.4. The van der Waals surface area contributed by atoms with Crippen LogP contribution in [0.4, 0.5) is 17.6 Å². The van der Waals surface area contributed by atoms with Crippen LogP contribution in [0.5, 0.6) is 0 Å². The predicted molar refractivity (Wildman–Crippen MR) is 76.0 cm³/mol. The van der Waals surface area contributed by atoms with Crippen LogP contribution >= 0.6 is 0 Å². The second kappa shape index (κ2) is 5.26. The number of aromatic amines is 1. The summed E-state index contributed by atoms with van der Waals surface area (Å²) >= 11 is 0. The largest absolute Gasteiger partial charge is 0.420 e. The third kappa shape index (κ3) is 2.53. The first-order valence-electron chi connectivity index (χ1n) is 7.00. The lowest BCUT2D eigenvalue weighted by molar-refractivity contribution is -0.138. The fraction of sp³-hybridized carbons (Fsp3) is 0.312. The summed E-state index contributed by atoms with van der Waals surface area (Å²) in [6.45, 7) is 0. The molecule has 1 N–H and O–H groups in total. The van der Waals surface area contributed by atoms with Crippen molar-refractivity contribution in [2.45, 2.75) is 31.9 Å². The molecule has 0 atom stereocenters. The molecule has 2 aromatic rings. The van der Waals surface area contributed by atoms with E-state index in [4.69, 9.17) is 0 Å². The number of benzene rings is 1. The van der Waals surface area contributed by atoms with Crippen LogP contribution in [0.15, 0.2) is 29.1 Å². The molecule has 0 spiro atoms. The van der Waals surface area contributed by atoms with Crippen molar-refractivity contribution in [1.82, 2.24) is 4.98 Å². The van der Waals surface area contributed by atoms with E-state index >= 15 is 0 Å². The molecule has 116 valence electrons. The molecular formula is C16H13F4NO. The van der Waals surface area contributed by atoms with Crippen LogP contribution in [-0.2, 0) is 6.18 Å². The molecule has 1 aromatic carbocycles. The second-order valence-corrected chi connectivity index (χ2v) is 5.38. The van der Waals surface area contributed by atoms with E-state index in [1.165, 1.54) is 12.1 Å². The van der Waals surface area contributed by atoms with E-state index < -0.39 is 23.1 Å². The number of alkyl halides is 3. The summed E-state index contributed by atoms with van der Waals surface area (Å²) in [6, 6.07) is 4.37. The highest BCUT2D eigenvalue weighted by Gasteiger charge is 2.37. The number of nitrogens with one attached hydrogen (secondary N) is 1. The molecule has 0 fully saturated rings. The fourth-order valence-electron chi connectivity index (χ4n) is 2.85. The van der Waals surface area contributed by atoms with Crippen LogP contribution in [0.25, 0.3) is 16.5 Å². The maximum Gasteiger partial charge on any atom is 0.420 e. The molecule has 1 aliphatic carbocycles. The molecule has 0 bridgehead atoms. The molecule has 2 nitrogen and oxygen atoms in total. The first-order chi connectivity index (χ1) is 10.4. The zero-order valence-corrected chi connectivity index (χ0v) is 11.6. The minimum Gasteiger partial charge on any atom is -0.319 e. The third-order valence-electron chi connectivity index (χ3n) is 3.90. The van der Waals surface area contributed by atoms with Gasteiger partial charge in [0.15, 0.2) is 0 Å². The molecule has 0 aliphatic heterocycles. The van der Waals surface area contributed by atoms with Crippen molar-refractivity contribution in [2.24, 2.45) is 0 Å². The van der Waals surface area contributed by atoms with E-state index in [9.17, 15) is 22.4 Å². The Balaban J connectivity index is 2.29. The highest BCUT2D eigenvalue weighted by molar-refractivity contribution is 5.86. The lowest BCUT2D eigenvalue weighted by atomic mass is 9.92. The molecule has 3 rings (SSSR count). The van der Waals surface area contributed by atoms with Crippen LogP contribution in [-0.4, -0.2) is 4.98 Å². The number of allylic oxidation sites excluding steroid dienone is 2.